The van der Waals surface area contributed by atoms with Crippen LogP contribution in [0, 0.1) is 0 Å². The molecule has 1 rings (SSSR count). The van der Waals surface area contributed by atoms with E-state index in [9.17, 15) is 4.79 Å². The van der Waals surface area contributed by atoms with Crippen molar-refractivity contribution in [1.82, 2.24) is 5.32 Å². The molecule has 0 aliphatic rings. The molecule has 0 heterocycles. The number of carbonyl (C=O) groups excluding carboxylic acids is 1. The number of aliphatic hydroxyl groups is 1. The number of aliphatic hydroxyl groups excluding tert-OH is 1. The summed E-state index contributed by atoms with van der Waals surface area (Å²) in [5.74, 6) is 0. The highest BCUT2D eigenvalue weighted by atomic mass is 79.9. The van der Waals surface area contributed by atoms with Crippen molar-refractivity contribution < 1.29 is 9.90 Å². The van der Waals surface area contributed by atoms with Crippen LogP contribution in [-0.4, -0.2) is 23.8 Å². The summed E-state index contributed by atoms with van der Waals surface area (Å²) < 4.78 is 0.850. The molecule has 0 aliphatic heterocycles. The summed E-state index contributed by atoms with van der Waals surface area (Å²) in [4.78, 5) is 11.5. The van der Waals surface area contributed by atoms with E-state index in [0.717, 1.165) is 4.47 Å². The van der Waals surface area contributed by atoms with Gasteiger partial charge in [0.15, 0.2) is 0 Å². The molecule has 0 aliphatic carbocycles. The summed E-state index contributed by atoms with van der Waals surface area (Å²) in [6, 6.07) is 4.86. The fraction of sp³-hybridized carbons (Fsp3) is 0.364. The number of hydrogen-bond donors (Lipinski definition) is 3. The molecule has 1 unspecified atom stereocenters. The third-order valence-corrected chi connectivity index (χ3v) is 2.83. The number of amides is 2. The molecule has 0 radical (unpaired) electrons. The number of benzene rings is 1. The van der Waals surface area contributed by atoms with Crippen LogP contribution in [-0.2, 0) is 0 Å². The van der Waals surface area contributed by atoms with E-state index in [4.69, 9.17) is 16.7 Å². The maximum Gasteiger partial charge on any atom is 0.319 e. The Morgan fingerprint density at radius 2 is 2.29 bits per heavy atom. The van der Waals surface area contributed by atoms with Gasteiger partial charge in [-0.1, -0.05) is 27.5 Å². The Labute approximate surface area is 113 Å². The van der Waals surface area contributed by atoms with Crippen LogP contribution in [0.4, 0.5) is 10.5 Å². The molecule has 6 heteroatoms. The number of hydrogen-bond acceptors (Lipinski definition) is 2. The third-order valence-electron chi connectivity index (χ3n) is 2.03. The van der Waals surface area contributed by atoms with Crippen molar-refractivity contribution in [1.29, 1.82) is 0 Å². The van der Waals surface area contributed by atoms with Crippen molar-refractivity contribution in [3.8, 4) is 0 Å². The van der Waals surface area contributed by atoms with E-state index >= 15 is 0 Å². The molecule has 17 heavy (non-hydrogen) atoms. The Morgan fingerprint density at radius 3 is 2.88 bits per heavy atom. The van der Waals surface area contributed by atoms with Crippen LogP contribution in [0.3, 0.4) is 0 Å². The summed E-state index contributed by atoms with van der Waals surface area (Å²) in [5.41, 5.74) is 0.546. The van der Waals surface area contributed by atoms with Crippen LogP contribution in [0.15, 0.2) is 22.7 Å². The van der Waals surface area contributed by atoms with Gasteiger partial charge in [0, 0.05) is 11.0 Å². The molecule has 0 bridgehead atoms. The van der Waals surface area contributed by atoms with Crippen molar-refractivity contribution in [3.63, 3.8) is 0 Å². The largest absolute Gasteiger partial charge is 0.393 e. The monoisotopic (exact) mass is 320 g/mol. The third kappa shape index (κ3) is 5.39. The van der Waals surface area contributed by atoms with Gasteiger partial charge >= 0.3 is 6.03 Å². The number of halogens is 2. The molecular weight excluding hydrogens is 307 g/mol. The maximum absolute atomic E-state index is 11.5. The predicted octanol–water partition coefficient (Wildman–Crippen LogP) is 2.99. The van der Waals surface area contributed by atoms with Crippen LogP contribution in [0.25, 0.3) is 0 Å². The van der Waals surface area contributed by atoms with Gasteiger partial charge in [0.2, 0.25) is 0 Å². The van der Waals surface area contributed by atoms with E-state index in [2.05, 4.69) is 26.6 Å². The lowest BCUT2D eigenvalue weighted by molar-refractivity contribution is 0.184. The highest BCUT2D eigenvalue weighted by Crippen LogP contribution is 2.25. The normalized spacial score (nSPS) is 12.0. The maximum atomic E-state index is 11.5. The molecule has 2 amide bonds. The number of anilines is 1. The highest BCUT2D eigenvalue weighted by Gasteiger charge is 2.05. The summed E-state index contributed by atoms with van der Waals surface area (Å²) in [6.45, 7) is 2.09. The van der Waals surface area contributed by atoms with Crippen molar-refractivity contribution >= 4 is 39.2 Å². The first kappa shape index (κ1) is 14.3. The van der Waals surface area contributed by atoms with Gasteiger partial charge in [-0.25, -0.2) is 4.79 Å². The second kappa shape index (κ2) is 6.83. The summed E-state index contributed by atoms with van der Waals surface area (Å²) in [5, 5.41) is 14.7. The molecule has 1 atom stereocenters. The van der Waals surface area contributed by atoms with E-state index in [1.807, 2.05) is 0 Å². The molecule has 1 aromatic rings. The molecule has 3 N–H and O–H groups in total. The standard InChI is InChI=1S/C11H14BrClN2O2/c1-7(16)4-5-14-11(17)15-10-3-2-8(12)6-9(10)13/h2-3,6-7,16H,4-5H2,1H3,(H2,14,15,17). The Bertz CT molecular complexity index is 399. The van der Waals surface area contributed by atoms with Gasteiger partial charge in [-0.05, 0) is 31.5 Å². The van der Waals surface area contributed by atoms with Gasteiger partial charge < -0.3 is 15.7 Å². The zero-order valence-electron chi connectivity index (χ0n) is 9.34. The number of carbonyl (C=O) groups is 1. The highest BCUT2D eigenvalue weighted by molar-refractivity contribution is 9.10. The zero-order valence-corrected chi connectivity index (χ0v) is 11.7. The van der Waals surface area contributed by atoms with Gasteiger partial charge in [-0.2, -0.15) is 0 Å². The first-order valence-corrected chi connectivity index (χ1v) is 6.34. The molecule has 0 aromatic heterocycles. The Balaban J connectivity index is 2.45. The van der Waals surface area contributed by atoms with E-state index in [1.165, 1.54) is 0 Å². The van der Waals surface area contributed by atoms with Crippen LogP contribution in [0.5, 0.6) is 0 Å². The molecule has 0 saturated heterocycles. The van der Waals surface area contributed by atoms with Crippen LogP contribution in [0.2, 0.25) is 5.02 Å². The first-order valence-electron chi connectivity index (χ1n) is 5.17. The fourth-order valence-electron chi connectivity index (χ4n) is 1.15. The Hall–Kier alpha value is -0.780. The minimum Gasteiger partial charge on any atom is -0.393 e. The van der Waals surface area contributed by atoms with E-state index in [-0.39, 0.29) is 6.03 Å². The number of rotatable bonds is 4. The van der Waals surface area contributed by atoms with Crippen molar-refractivity contribution in [3.05, 3.63) is 27.7 Å². The van der Waals surface area contributed by atoms with Gasteiger partial charge in [-0.15, -0.1) is 0 Å². The molecule has 0 saturated carbocycles. The lowest BCUT2D eigenvalue weighted by Crippen LogP contribution is -2.30. The zero-order chi connectivity index (χ0) is 12.8. The average Bonchev–Trinajstić information content (AvgIpc) is 2.21. The van der Waals surface area contributed by atoms with E-state index in [0.29, 0.717) is 23.7 Å². The average molecular weight is 322 g/mol. The van der Waals surface area contributed by atoms with Crippen LogP contribution < -0.4 is 10.6 Å². The SMILES string of the molecule is CC(O)CCNC(=O)Nc1ccc(Br)cc1Cl. The van der Waals surface area contributed by atoms with Crippen LogP contribution >= 0.6 is 27.5 Å². The molecule has 0 fully saturated rings. The summed E-state index contributed by atoms with van der Waals surface area (Å²) in [7, 11) is 0. The molecular formula is C11H14BrClN2O2. The van der Waals surface area contributed by atoms with E-state index < -0.39 is 6.10 Å². The Morgan fingerprint density at radius 1 is 1.59 bits per heavy atom. The minimum absolute atomic E-state index is 0.338. The molecule has 0 spiro atoms. The number of urea groups is 1. The van der Waals surface area contributed by atoms with Gasteiger partial charge in [0.25, 0.3) is 0 Å². The van der Waals surface area contributed by atoms with Gasteiger partial charge in [0.05, 0.1) is 16.8 Å². The molecule has 1 aromatic carbocycles. The number of nitrogens with one attached hydrogen (secondary N) is 2. The minimum atomic E-state index is -0.424. The van der Waals surface area contributed by atoms with Crippen molar-refractivity contribution in [2.24, 2.45) is 0 Å². The summed E-state index contributed by atoms with van der Waals surface area (Å²) in [6.07, 6.45) is 0.0909. The first-order chi connectivity index (χ1) is 7.99. The lowest BCUT2D eigenvalue weighted by Gasteiger charge is -2.09. The van der Waals surface area contributed by atoms with Gasteiger partial charge in [-0.3, -0.25) is 0 Å². The lowest BCUT2D eigenvalue weighted by atomic mass is 10.3. The Kier molecular flexibility index (Phi) is 5.74. The second-order valence-corrected chi connectivity index (χ2v) is 4.97. The molecule has 4 nitrogen and oxygen atoms in total. The predicted molar refractivity (Wildman–Crippen MR) is 72.5 cm³/mol. The van der Waals surface area contributed by atoms with Crippen LogP contribution in [0.1, 0.15) is 13.3 Å². The quantitative estimate of drug-likeness (QED) is 0.798. The topological polar surface area (TPSA) is 61.4 Å². The fourth-order valence-corrected chi connectivity index (χ4v) is 1.87. The second-order valence-electron chi connectivity index (χ2n) is 3.64. The van der Waals surface area contributed by atoms with Crippen molar-refractivity contribution in [2.75, 3.05) is 11.9 Å². The van der Waals surface area contributed by atoms with Gasteiger partial charge in [0.1, 0.15) is 0 Å². The van der Waals surface area contributed by atoms with Crippen molar-refractivity contribution in [2.45, 2.75) is 19.4 Å². The molecule has 94 valence electrons. The summed E-state index contributed by atoms with van der Waals surface area (Å²) >= 11 is 9.23. The smallest absolute Gasteiger partial charge is 0.319 e. The van der Waals surface area contributed by atoms with E-state index in [1.54, 1.807) is 25.1 Å².